The number of nitrogens with zero attached hydrogens (tertiary/aromatic N) is 3. The predicted octanol–water partition coefficient (Wildman–Crippen LogP) is 0.643. The van der Waals surface area contributed by atoms with Crippen molar-refractivity contribution in [3.05, 3.63) is 29.1 Å². The van der Waals surface area contributed by atoms with E-state index in [9.17, 15) is 13.2 Å². The van der Waals surface area contributed by atoms with Crippen molar-refractivity contribution in [2.75, 3.05) is 37.7 Å². The largest absolute Gasteiger partial charge is 0.336 e. The zero-order valence-corrected chi connectivity index (χ0v) is 14.5. The first-order chi connectivity index (χ1) is 10.9. The van der Waals surface area contributed by atoms with Gasteiger partial charge in [-0.1, -0.05) is 0 Å². The summed E-state index contributed by atoms with van der Waals surface area (Å²) < 4.78 is 23.2. The van der Waals surface area contributed by atoms with Crippen LogP contribution in [0.3, 0.4) is 0 Å². The molecule has 2 saturated heterocycles. The zero-order valence-electron chi connectivity index (χ0n) is 13.7. The average molecular weight is 337 g/mol. The van der Waals surface area contributed by atoms with Crippen LogP contribution in [0.2, 0.25) is 0 Å². The molecule has 1 aromatic rings. The lowest BCUT2D eigenvalue weighted by Crippen LogP contribution is -2.52. The van der Waals surface area contributed by atoms with Crippen molar-refractivity contribution >= 4 is 15.7 Å². The van der Waals surface area contributed by atoms with E-state index < -0.39 is 9.84 Å². The van der Waals surface area contributed by atoms with Crippen LogP contribution in [0.5, 0.6) is 0 Å². The molecule has 0 bridgehead atoms. The van der Waals surface area contributed by atoms with E-state index in [1.165, 1.54) is 0 Å². The zero-order chi connectivity index (χ0) is 16.6. The lowest BCUT2D eigenvalue weighted by Gasteiger charge is -2.37. The first kappa shape index (κ1) is 16.4. The number of aromatic nitrogens is 1. The number of hydrogen-bond acceptors (Lipinski definition) is 5. The van der Waals surface area contributed by atoms with Crippen LogP contribution in [-0.4, -0.2) is 72.8 Å². The summed E-state index contributed by atoms with van der Waals surface area (Å²) in [6, 6.07) is 3.83. The molecule has 0 radical (unpaired) electrons. The second-order valence-corrected chi connectivity index (χ2v) is 8.70. The molecule has 0 aromatic carbocycles. The van der Waals surface area contributed by atoms with E-state index in [1.807, 2.05) is 30.9 Å². The van der Waals surface area contributed by atoms with Gasteiger partial charge in [-0.3, -0.25) is 14.7 Å². The number of carbonyl (C=O) groups excluding carboxylic acids is 1. The van der Waals surface area contributed by atoms with Gasteiger partial charge in [-0.15, -0.1) is 0 Å². The van der Waals surface area contributed by atoms with Crippen molar-refractivity contribution in [2.45, 2.75) is 26.3 Å². The van der Waals surface area contributed by atoms with Gasteiger partial charge in [0.1, 0.15) is 0 Å². The van der Waals surface area contributed by atoms with Crippen molar-refractivity contribution in [3.8, 4) is 0 Å². The Morgan fingerprint density at radius 3 is 2.43 bits per heavy atom. The van der Waals surface area contributed by atoms with Gasteiger partial charge in [0.2, 0.25) is 0 Å². The fourth-order valence-electron chi connectivity index (χ4n) is 3.44. The summed E-state index contributed by atoms with van der Waals surface area (Å²) in [7, 11) is -2.86. The van der Waals surface area contributed by atoms with Crippen molar-refractivity contribution in [1.82, 2.24) is 14.8 Å². The third-order valence-corrected chi connectivity index (χ3v) is 6.53. The van der Waals surface area contributed by atoms with E-state index in [1.54, 1.807) is 0 Å². The summed E-state index contributed by atoms with van der Waals surface area (Å²) in [5, 5.41) is 0. The molecule has 7 heteroatoms. The molecule has 1 amide bonds. The quantitative estimate of drug-likeness (QED) is 0.792. The lowest BCUT2D eigenvalue weighted by atomic mass is 10.1. The van der Waals surface area contributed by atoms with E-state index in [0.29, 0.717) is 24.4 Å². The molecule has 0 unspecified atom stereocenters. The molecule has 23 heavy (non-hydrogen) atoms. The Bertz CT molecular complexity index is 709. The maximum Gasteiger partial charge on any atom is 0.255 e. The van der Waals surface area contributed by atoms with Gasteiger partial charge in [-0.25, -0.2) is 8.42 Å². The number of aryl methyl sites for hydroxylation is 2. The second-order valence-electron chi connectivity index (χ2n) is 6.47. The van der Waals surface area contributed by atoms with Gasteiger partial charge >= 0.3 is 0 Å². The molecule has 0 saturated carbocycles. The van der Waals surface area contributed by atoms with Crippen molar-refractivity contribution in [2.24, 2.45) is 0 Å². The maximum atomic E-state index is 12.6. The molecule has 3 rings (SSSR count). The van der Waals surface area contributed by atoms with Gasteiger partial charge in [0.05, 0.1) is 22.8 Å². The number of piperazine rings is 1. The Labute approximate surface area is 137 Å². The highest BCUT2D eigenvalue weighted by atomic mass is 32.2. The van der Waals surface area contributed by atoms with Crippen LogP contribution in [-0.2, 0) is 9.84 Å². The summed E-state index contributed by atoms with van der Waals surface area (Å²) >= 11 is 0. The van der Waals surface area contributed by atoms with Gasteiger partial charge in [0, 0.05) is 37.9 Å². The number of rotatable bonds is 2. The third kappa shape index (κ3) is 3.55. The number of sulfone groups is 1. The van der Waals surface area contributed by atoms with E-state index >= 15 is 0 Å². The fraction of sp³-hybridized carbons (Fsp3) is 0.625. The van der Waals surface area contributed by atoms with Crippen molar-refractivity contribution < 1.29 is 13.2 Å². The van der Waals surface area contributed by atoms with Crippen molar-refractivity contribution in [3.63, 3.8) is 0 Å². The highest BCUT2D eigenvalue weighted by Crippen LogP contribution is 2.20. The number of amides is 1. The average Bonchev–Trinajstić information content (AvgIpc) is 2.87. The smallest absolute Gasteiger partial charge is 0.255 e. The normalized spacial score (nSPS) is 24.8. The number of hydrogen-bond donors (Lipinski definition) is 0. The molecule has 0 N–H and O–H groups in total. The Balaban J connectivity index is 1.61. The Morgan fingerprint density at radius 1 is 1.17 bits per heavy atom. The minimum atomic E-state index is -2.86. The first-order valence-electron chi connectivity index (χ1n) is 8.04. The molecule has 1 aromatic heterocycles. The highest BCUT2D eigenvalue weighted by Gasteiger charge is 2.34. The highest BCUT2D eigenvalue weighted by molar-refractivity contribution is 7.91. The van der Waals surface area contributed by atoms with Gasteiger partial charge in [-0.2, -0.15) is 0 Å². The van der Waals surface area contributed by atoms with Crippen molar-refractivity contribution in [1.29, 1.82) is 0 Å². The van der Waals surface area contributed by atoms with Gasteiger partial charge < -0.3 is 4.90 Å². The molecular weight excluding hydrogens is 314 g/mol. The van der Waals surface area contributed by atoms with Crippen LogP contribution in [0.15, 0.2) is 12.1 Å². The van der Waals surface area contributed by atoms with E-state index in [4.69, 9.17) is 0 Å². The van der Waals surface area contributed by atoms with Gasteiger partial charge in [-0.05, 0) is 32.4 Å². The standard InChI is InChI=1S/C16H23N3O3S/c1-12-3-4-15(13(2)17-12)16(20)19-8-6-18(7-9-19)14-5-10-23(21,22)11-14/h3-4,14H,5-11H2,1-2H3/t14-/m1/s1. The maximum absolute atomic E-state index is 12.6. The predicted molar refractivity (Wildman–Crippen MR) is 88.2 cm³/mol. The van der Waals surface area contributed by atoms with Crippen LogP contribution in [0.25, 0.3) is 0 Å². The second kappa shape index (κ2) is 6.20. The summed E-state index contributed by atoms with van der Waals surface area (Å²) in [5.74, 6) is 0.584. The number of carbonyl (C=O) groups is 1. The Morgan fingerprint density at radius 2 is 1.87 bits per heavy atom. The van der Waals surface area contributed by atoms with E-state index in [0.717, 1.165) is 30.9 Å². The minimum absolute atomic E-state index is 0.0219. The summed E-state index contributed by atoms with van der Waals surface area (Å²) in [5.41, 5.74) is 2.33. The van der Waals surface area contributed by atoms with Crippen LogP contribution in [0.4, 0.5) is 0 Å². The monoisotopic (exact) mass is 337 g/mol. The Hall–Kier alpha value is -1.47. The molecule has 6 nitrogen and oxygen atoms in total. The SMILES string of the molecule is Cc1ccc(C(=O)N2CCN([C@@H]3CCS(=O)(=O)C3)CC2)c(C)n1. The molecule has 2 aliphatic heterocycles. The van der Waals surface area contributed by atoms with Gasteiger partial charge in [0.15, 0.2) is 9.84 Å². The molecule has 1 atom stereocenters. The summed E-state index contributed by atoms with van der Waals surface area (Å²) in [6.07, 6.45) is 0.720. The topological polar surface area (TPSA) is 70.6 Å². The van der Waals surface area contributed by atoms with Crippen LogP contribution < -0.4 is 0 Å². The number of pyridine rings is 1. The van der Waals surface area contributed by atoms with E-state index in [2.05, 4.69) is 9.88 Å². The molecule has 0 spiro atoms. The lowest BCUT2D eigenvalue weighted by molar-refractivity contribution is 0.0586. The summed E-state index contributed by atoms with van der Waals surface area (Å²) in [6.45, 7) is 6.54. The van der Waals surface area contributed by atoms with E-state index in [-0.39, 0.29) is 17.7 Å². The fourth-order valence-corrected chi connectivity index (χ4v) is 5.20. The minimum Gasteiger partial charge on any atom is -0.336 e. The molecule has 2 fully saturated rings. The van der Waals surface area contributed by atoms with Crippen LogP contribution in [0, 0.1) is 13.8 Å². The molecule has 2 aliphatic rings. The van der Waals surface area contributed by atoms with Gasteiger partial charge in [0.25, 0.3) is 5.91 Å². The molecular formula is C16H23N3O3S. The molecule has 0 aliphatic carbocycles. The third-order valence-electron chi connectivity index (χ3n) is 4.78. The van der Waals surface area contributed by atoms with Crippen LogP contribution >= 0.6 is 0 Å². The Kier molecular flexibility index (Phi) is 4.42. The molecule has 126 valence electrons. The first-order valence-corrected chi connectivity index (χ1v) is 9.86. The summed E-state index contributed by atoms with van der Waals surface area (Å²) in [4.78, 5) is 21.1. The molecule has 3 heterocycles. The van der Waals surface area contributed by atoms with Crippen LogP contribution in [0.1, 0.15) is 28.2 Å².